The molecule has 4 aromatic rings. The Morgan fingerprint density at radius 2 is 0.980 bits per heavy atom. The summed E-state index contributed by atoms with van der Waals surface area (Å²) in [6.07, 6.45) is 3.41. The van der Waals surface area contributed by atoms with E-state index in [0.29, 0.717) is 0 Å². The Hall–Kier alpha value is -4.66. The topological polar surface area (TPSA) is 76.6 Å². The first-order chi connectivity index (χ1) is 24.8. The maximum atomic E-state index is 11.4. The van der Waals surface area contributed by atoms with Gasteiger partial charge in [-0.05, 0) is 72.2 Å². The normalized spacial score (nSPS) is 19.4. The van der Waals surface area contributed by atoms with Crippen molar-refractivity contribution < 1.29 is 19.4 Å². The summed E-state index contributed by atoms with van der Waals surface area (Å²) in [7, 11) is 0. The van der Waals surface area contributed by atoms with Gasteiger partial charge in [0.1, 0.15) is 5.60 Å². The summed E-state index contributed by atoms with van der Waals surface area (Å²) in [6, 6.07) is 38.1. The van der Waals surface area contributed by atoms with E-state index in [0.717, 1.165) is 102 Å². The van der Waals surface area contributed by atoms with Crippen molar-refractivity contribution in [3.63, 3.8) is 0 Å². The summed E-state index contributed by atoms with van der Waals surface area (Å²) in [5.74, 6) is -0.875. The highest BCUT2D eigenvalue weighted by atomic mass is 16.6. The third-order valence-corrected chi connectivity index (χ3v) is 11.0. The van der Waals surface area contributed by atoms with Crippen molar-refractivity contribution >= 4 is 23.3 Å². The minimum Gasteiger partial charge on any atom is -0.481 e. The van der Waals surface area contributed by atoms with Gasteiger partial charge >= 0.3 is 11.9 Å². The number of carboxylic acids is 1. The number of rotatable bonds is 10. The molecule has 0 bridgehead atoms. The third kappa shape index (κ3) is 8.46. The SMILES string of the molecule is CC(=O)OC1(c2ccc(CN3CCN(c4ccccc4)CC3)cc2)CC1.O=C(O)C1(c2ccc(CN3CCN(c4ccccc4)CC3)cc2)CC1. The molecule has 4 fully saturated rings. The minimum atomic E-state index is -0.683. The molecule has 0 spiro atoms. The Morgan fingerprint density at radius 1 is 0.569 bits per heavy atom. The standard InChI is InChI=1S/C22H26N2O2.C21H24N2O2/c1-18(25)26-22(11-12-22)20-9-7-19(8-10-20)17-23-13-15-24(16-14-23)21-5-3-2-4-6-21;24-20(25)21(10-11-21)18-8-6-17(7-9-18)16-22-12-14-23(15-13-22)19-4-2-1-3-5-19/h2-10H,11-17H2,1H3;1-9H,10-16H2,(H,24,25). The van der Waals surface area contributed by atoms with E-state index in [1.54, 1.807) is 0 Å². The van der Waals surface area contributed by atoms with Gasteiger partial charge in [-0.25, -0.2) is 0 Å². The summed E-state index contributed by atoms with van der Waals surface area (Å²) >= 11 is 0. The first-order valence-corrected chi connectivity index (χ1v) is 18.5. The molecule has 2 aliphatic heterocycles. The molecule has 0 atom stereocenters. The molecule has 1 N–H and O–H groups in total. The Kier molecular flexibility index (Phi) is 10.4. The maximum Gasteiger partial charge on any atom is 0.314 e. The fourth-order valence-corrected chi connectivity index (χ4v) is 7.55. The monoisotopic (exact) mass is 686 g/mol. The molecule has 4 aromatic carbocycles. The lowest BCUT2D eigenvalue weighted by molar-refractivity contribution is -0.149. The molecule has 2 heterocycles. The van der Waals surface area contributed by atoms with E-state index in [1.165, 1.54) is 29.4 Å². The van der Waals surface area contributed by atoms with Crippen LogP contribution in [-0.4, -0.2) is 79.2 Å². The predicted molar refractivity (Wildman–Crippen MR) is 202 cm³/mol. The van der Waals surface area contributed by atoms with Gasteiger partial charge < -0.3 is 19.6 Å². The summed E-state index contributed by atoms with van der Waals surface area (Å²) in [5.41, 5.74) is 6.35. The van der Waals surface area contributed by atoms with Gasteiger partial charge in [-0.3, -0.25) is 19.4 Å². The molecule has 0 aromatic heterocycles. The van der Waals surface area contributed by atoms with Gasteiger partial charge in [0.15, 0.2) is 0 Å². The number of ether oxygens (including phenoxy) is 1. The van der Waals surface area contributed by atoms with Crippen LogP contribution in [0.3, 0.4) is 0 Å². The number of carbonyl (C=O) groups is 2. The van der Waals surface area contributed by atoms with Crippen LogP contribution in [0.5, 0.6) is 0 Å². The molecular weight excluding hydrogens is 636 g/mol. The fraction of sp³-hybridized carbons (Fsp3) is 0.395. The summed E-state index contributed by atoms with van der Waals surface area (Å²) in [6.45, 7) is 11.9. The van der Waals surface area contributed by atoms with E-state index in [2.05, 4.69) is 117 Å². The average molecular weight is 687 g/mol. The highest BCUT2D eigenvalue weighted by Crippen LogP contribution is 2.49. The van der Waals surface area contributed by atoms with Gasteiger partial charge in [-0.2, -0.15) is 0 Å². The number of piperazine rings is 2. The van der Waals surface area contributed by atoms with E-state index >= 15 is 0 Å². The van der Waals surface area contributed by atoms with Crippen LogP contribution in [0.4, 0.5) is 11.4 Å². The van der Waals surface area contributed by atoms with E-state index < -0.39 is 11.4 Å². The smallest absolute Gasteiger partial charge is 0.314 e. The lowest BCUT2D eigenvalue weighted by Crippen LogP contribution is -2.45. The van der Waals surface area contributed by atoms with Crippen LogP contribution in [0, 0.1) is 0 Å². The van der Waals surface area contributed by atoms with Crippen LogP contribution in [-0.2, 0) is 38.4 Å². The van der Waals surface area contributed by atoms with Gasteiger partial charge in [0.05, 0.1) is 5.41 Å². The number of carbonyl (C=O) groups excluding carboxylic acids is 1. The Bertz CT molecular complexity index is 1740. The summed E-state index contributed by atoms with van der Waals surface area (Å²) in [5, 5.41) is 9.39. The number of esters is 1. The molecule has 8 rings (SSSR count). The van der Waals surface area contributed by atoms with Gasteiger partial charge in [-0.15, -0.1) is 0 Å². The molecule has 0 radical (unpaired) electrons. The highest BCUT2D eigenvalue weighted by molar-refractivity contribution is 5.84. The van der Waals surface area contributed by atoms with Gasteiger partial charge in [0, 0.05) is 83.7 Å². The van der Waals surface area contributed by atoms with Gasteiger partial charge in [0.2, 0.25) is 0 Å². The minimum absolute atomic E-state index is 0.192. The molecule has 2 saturated heterocycles. The van der Waals surface area contributed by atoms with Crippen LogP contribution in [0.25, 0.3) is 0 Å². The quantitative estimate of drug-likeness (QED) is 0.185. The lowest BCUT2D eigenvalue weighted by atomic mass is 9.95. The van der Waals surface area contributed by atoms with Crippen LogP contribution in [0.2, 0.25) is 0 Å². The number of nitrogens with zero attached hydrogens (tertiary/aromatic N) is 4. The molecule has 8 nitrogen and oxygen atoms in total. The predicted octanol–water partition coefficient (Wildman–Crippen LogP) is 6.69. The zero-order valence-corrected chi connectivity index (χ0v) is 29.8. The highest BCUT2D eigenvalue weighted by Gasteiger charge is 2.51. The first kappa shape index (κ1) is 34.8. The van der Waals surface area contributed by atoms with E-state index in [9.17, 15) is 14.7 Å². The zero-order valence-electron chi connectivity index (χ0n) is 29.8. The number of anilines is 2. The molecule has 8 heteroatoms. The molecule has 4 aliphatic rings. The van der Waals surface area contributed by atoms with Crippen LogP contribution in [0.15, 0.2) is 109 Å². The fourth-order valence-electron chi connectivity index (χ4n) is 7.55. The Labute approximate surface area is 302 Å². The molecule has 2 aliphatic carbocycles. The van der Waals surface area contributed by atoms with E-state index in [1.807, 2.05) is 12.1 Å². The summed E-state index contributed by atoms with van der Waals surface area (Å²) in [4.78, 5) is 32.6. The van der Waals surface area contributed by atoms with E-state index in [4.69, 9.17) is 4.74 Å². The Balaban J connectivity index is 0.000000159. The summed E-state index contributed by atoms with van der Waals surface area (Å²) < 4.78 is 5.52. The van der Waals surface area contributed by atoms with Crippen molar-refractivity contribution in [3.05, 3.63) is 131 Å². The lowest BCUT2D eigenvalue weighted by Gasteiger charge is -2.36. The molecular formula is C43H50N4O4. The largest absolute Gasteiger partial charge is 0.481 e. The average Bonchev–Trinajstić information content (AvgIpc) is 4.11. The second-order valence-corrected chi connectivity index (χ2v) is 14.6. The zero-order chi connectivity index (χ0) is 35.3. The second-order valence-electron chi connectivity index (χ2n) is 14.6. The van der Waals surface area contributed by atoms with Crippen molar-refractivity contribution in [3.8, 4) is 0 Å². The molecule has 51 heavy (non-hydrogen) atoms. The third-order valence-electron chi connectivity index (χ3n) is 11.0. The van der Waals surface area contributed by atoms with Crippen molar-refractivity contribution in [2.24, 2.45) is 0 Å². The number of hydrogen-bond donors (Lipinski definition) is 1. The van der Waals surface area contributed by atoms with Crippen molar-refractivity contribution in [1.29, 1.82) is 0 Å². The number of para-hydroxylation sites is 2. The van der Waals surface area contributed by atoms with E-state index in [-0.39, 0.29) is 11.6 Å². The molecule has 266 valence electrons. The second kappa shape index (κ2) is 15.3. The Morgan fingerprint density at radius 3 is 1.33 bits per heavy atom. The van der Waals surface area contributed by atoms with Gasteiger partial charge in [0.25, 0.3) is 0 Å². The molecule has 0 unspecified atom stereocenters. The van der Waals surface area contributed by atoms with Gasteiger partial charge in [-0.1, -0.05) is 84.9 Å². The van der Waals surface area contributed by atoms with Crippen LogP contribution in [0.1, 0.15) is 54.9 Å². The number of carboxylic acid groups (broad SMARTS) is 1. The number of benzene rings is 4. The molecule has 2 saturated carbocycles. The first-order valence-electron chi connectivity index (χ1n) is 18.5. The van der Waals surface area contributed by atoms with Crippen molar-refractivity contribution in [2.45, 2.75) is 56.7 Å². The van der Waals surface area contributed by atoms with Crippen LogP contribution >= 0.6 is 0 Å². The number of aliphatic carboxylic acids is 1. The van der Waals surface area contributed by atoms with Crippen molar-refractivity contribution in [2.75, 3.05) is 62.2 Å². The van der Waals surface area contributed by atoms with Crippen LogP contribution < -0.4 is 9.80 Å². The molecule has 0 amide bonds. The van der Waals surface area contributed by atoms with Crippen molar-refractivity contribution in [1.82, 2.24) is 9.80 Å². The number of hydrogen-bond acceptors (Lipinski definition) is 7. The maximum absolute atomic E-state index is 11.4.